The summed E-state index contributed by atoms with van der Waals surface area (Å²) in [7, 11) is 1.73. The van der Waals surface area contributed by atoms with Crippen LogP contribution >= 0.6 is 11.6 Å². The van der Waals surface area contributed by atoms with Crippen LogP contribution in [0.25, 0.3) is 0 Å². The van der Waals surface area contributed by atoms with Crippen LogP contribution in [0.5, 0.6) is 0 Å². The summed E-state index contributed by atoms with van der Waals surface area (Å²) >= 11 is 6.08. The molecule has 0 aliphatic rings. The van der Waals surface area contributed by atoms with Crippen LogP contribution in [-0.4, -0.2) is 47.1 Å². The largest absolute Gasteiger partial charge is 0.395 e. The van der Waals surface area contributed by atoms with Gasteiger partial charge in [-0.25, -0.2) is 4.98 Å². The molecule has 0 spiro atoms. The molecule has 0 unspecified atom stereocenters. The highest BCUT2D eigenvalue weighted by molar-refractivity contribution is 6.33. The van der Waals surface area contributed by atoms with E-state index in [1.54, 1.807) is 24.1 Å². The highest BCUT2D eigenvalue weighted by atomic mass is 35.5. The van der Waals surface area contributed by atoms with Gasteiger partial charge < -0.3 is 15.3 Å². The number of aliphatic hydroxyl groups is 1. The molecule has 6 heteroatoms. The lowest BCUT2D eigenvalue weighted by atomic mass is 10.1. The Balaban J connectivity index is 3.11. The maximum atomic E-state index is 12.6. The summed E-state index contributed by atoms with van der Waals surface area (Å²) in [5.41, 5.74) is 0.221. The molecule has 0 fully saturated rings. The molecule has 20 heavy (non-hydrogen) atoms. The van der Waals surface area contributed by atoms with Crippen molar-refractivity contribution in [2.75, 3.05) is 25.5 Å². The molecule has 0 saturated heterocycles. The highest BCUT2D eigenvalue weighted by Crippen LogP contribution is 2.20. The Morgan fingerprint density at radius 2 is 2.10 bits per heavy atom. The number of hydrogen-bond acceptors (Lipinski definition) is 4. The van der Waals surface area contributed by atoms with Crippen molar-refractivity contribution in [1.29, 1.82) is 0 Å². The molecule has 0 radical (unpaired) electrons. The van der Waals surface area contributed by atoms with Crippen molar-refractivity contribution in [3.05, 3.63) is 22.8 Å². The number of carbonyl (C=O) groups is 1. The molecule has 0 aliphatic heterocycles. The van der Waals surface area contributed by atoms with Gasteiger partial charge in [0.2, 0.25) is 0 Å². The molecular formula is C14H22ClN3O2. The van der Waals surface area contributed by atoms with E-state index < -0.39 is 0 Å². The van der Waals surface area contributed by atoms with E-state index in [1.807, 2.05) is 13.8 Å². The van der Waals surface area contributed by atoms with E-state index in [-0.39, 0.29) is 30.8 Å². The van der Waals surface area contributed by atoms with Crippen LogP contribution in [0, 0.1) is 0 Å². The lowest BCUT2D eigenvalue weighted by Crippen LogP contribution is -2.42. The quantitative estimate of drug-likeness (QED) is 0.811. The van der Waals surface area contributed by atoms with Crippen molar-refractivity contribution in [2.24, 2.45) is 0 Å². The number of aliphatic hydroxyl groups excluding tert-OH is 1. The number of nitrogens with zero attached hydrogens (tertiary/aromatic N) is 2. The van der Waals surface area contributed by atoms with Crippen LogP contribution in [0.3, 0.4) is 0 Å². The number of hydrogen-bond donors (Lipinski definition) is 2. The summed E-state index contributed by atoms with van der Waals surface area (Å²) in [5.74, 6) is 0.348. The summed E-state index contributed by atoms with van der Waals surface area (Å²) in [5, 5.41) is 12.4. The van der Waals surface area contributed by atoms with E-state index in [1.165, 1.54) is 0 Å². The van der Waals surface area contributed by atoms with Crippen LogP contribution in [0.1, 0.15) is 37.2 Å². The molecular weight excluding hydrogens is 278 g/mol. The Kier molecular flexibility index (Phi) is 6.75. The first-order valence-electron chi connectivity index (χ1n) is 6.85. The number of anilines is 1. The molecule has 0 atom stereocenters. The number of carbonyl (C=O) groups excluding carboxylic acids is 1. The van der Waals surface area contributed by atoms with Gasteiger partial charge in [0.05, 0.1) is 11.6 Å². The summed E-state index contributed by atoms with van der Waals surface area (Å²) in [4.78, 5) is 18.5. The first-order chi connectivity index (χ1) is 9.58. The fourth-order valence-corrected chi connectivity index (χ4v) is 2.34. The lowest BCUT2D eigenvalue weighted by Gasteiger charge is -2.30. The van der Waals surface area contributed by atoms with Crippen molar-refractivity contribution < 1.29 is 9.90 Å². The van der Waals surface area contributed by atoms with Crippen molar-refractivity contribution >= 4 is 23.3 Å². The summed E-state index contributed by atoms with van der Waals surface area (Å²) < 4.78 is 0. The van der Waals surface area contributed by atoms with Crippen molar-refractivity contribution in [3.8, 4) is 0 Å². The van der Waals surface area contributed by atoms with Crippen molar-refractivity contribution in [2.45, 2.75) is 32.7 Å². The van der Waals surface area contributed by atoms with E-state index >= 15 is 0 Å². The summed E-state index contributed by atoms with van der Waals surface area (Å²) in [6.45, 7) is 4.24. The molecule has 0 saturated carbocycles. The zero-order chi connectivity index (χ0) is 15.1. The molecule has 1 rings (SSSR count). The average Bonchev–Trinajstić information content (AvgIpc) is 2.47. The molecule has 5 nitrogen and oxygen atoms in total. The first-order valence-corrected chi connectivity index (χ1v) is 7.22. The predicted octanol–water partition coefficient (Wildman–Crippen LogP) is 2.40. The zero-order valence-corrected chi connectivity index (χ0v) is 12.9. The van der Waals surface area contributed by atoms with Gasteiger partial charge in [-0.15, -0.1) is 0 Å². The number of nitrogens with one attached hydrogen (secondary N) is 1. The smallest absolute Gasteiger partial charge is 0.274 e. The monoisotopic (exact) mass is 299 g/mol. The first kappa shape index (κ1) is 16.7. The standard InChI is InChI=1S/C14H22ClN3O2/c1-4-10(5-2)18(8-9-19)14(20)13-11(15)6-7-12(16-3)17-13/h6-7,10,19H,4-5,8-9H2,1-3H3,(H,16,17). The van der Waals surface area contributed by atoms with Gasteiger partial charge in [-0.2, -0.15) is 0 Å². The van der Waals surface area contributed by atoms with Crippen LogP contribution < -0.4 is 5.32 Å². The summed E-state index contributed by atoms with van der Waals surface area (Å²) in [6.07, 6.45) is 1.65. The minimum absolute atomic E-state index is 0.0748. The Bertz CT molecular complexity index is 450. The highest BCUT2D eigenvalue weighted by Gasteiger charge is 2.25. The minimum atomic E-state index is -0.241. The van der Waals surface area contributed by atoms with E-state index in [2.05, 4.69) is 10.3 Å². The number of halogens is 1. The predicted molar refractivity (Wildman–Crippen MR) is 81.3 cm³/mol. The van der Waals surface area contributed by atoms with E-state index in [0.717, 1.165) is 12.8 Å². The normalized spacial score (nSPS) is 10.7. The van der Waals surface area contributed by atoms with E-state index in [4.69, 9.17) is 11.6 Å². The maximum Gasteiger partial charge on any atom is 0.274 e. The van der Waals surface area contributed by atoms with Gasteiger partial charge in [0.25, 0.3) is 5.91 Å². The van der Waals surface area contributed by atoms with Crippen molar-refractivity contribution in [3.63, 3.8) is 0 Å². The second kappa shape index (κ2) is 8.07. The molecule has 0 bridgehead atoms. The Labute approximate surface area is 125 Å². The van der Waals surface area contributed by atoms with Gasteiger partial charge in [-0.05, 0) is 25.0 Å². The number of rotatable bonds is 7. The van der Waals surface area contributed by atoms with Gasteiger partial charge in [-0.3, -0.25) is 4.79 Å². The van der Waals surface area contributed by atoms with Crippen LogP contribution in [0.2, 0.25) is 5.02 Å². The molecule has 0 aliphatic carbocycles. The fourth-order valence-electron chi connectivity index (χ4n) is 2.15. The van der Waals surface area contributed by atoms with Gasteiger partial charge in [0.15, 0.2) is 0 Å². The average molecular weight is 300 g/mol. The molecule has 1 heterocycles. The minimum Gasteiger partial charge on any atom is -0.395 e. The van der Waals surface area contributed by atoms with Gasteiger partial charge in [0.1, 0.15) is 11.5 Å². The van der Waals surface area contributed by atoms with Crippen LogP contribution in [0.4, 0.5) is 5.82 Å². The Morgan fingerprint density at radius 1 is 1.45 bits per heavy atom. The molecule has 2 N–H and O–H groups in total. The van der Waals surface area contributed by atoms with E-state index in [0.29, 0.717) is 10.8 Å². The number of amides is 1. The molecule has 112 valence electrons. The molecule has 1 aromatic heterocycles. The molecule has 0 aromatic carbocycles. The van der Waals surface area contributed by atoms with Gasteiger partial charge in [-0.1, -0.05) is 25.4 Å². The van der Waals surface area contributed by atoms with Gasteiger partial charge in [0, 0.05) is 19.6 Å². The topological polar surface area (TPSA) is 65.5 Å². The SMILES string of the molecule is CCC(CC)N(CCO)C(=O)c1nc(NC)ccc1Cl. The number of aromatic nitrogens is 1. The fraction of sp³-hybridized carbons (Fsp3) is 0.571. The van der Waals surface area contributed by atoms with E-state index in [9.17, 15) is 9.90 Å². The van der Waals surface area contributed by atoms with Crippen LogP contribution in [0.15, 0.2) is 12.1 Å². The van der Waals surface area contributed by atoms with Crippen LogP contribution in [-0.2, 0) is 0 Å². The third kappa shape index (κ3) is 3.84. The van der Waals surface area contributed by atoms with Gasteiger partial charge >= 0.3 is 0 Å². The third-order valence-electron chi connectivity index (χ3n) is 3.29. The zero-order valence-electron chi connectivity index (χ0n) is 12.2. The maximum absolute atomic E-state index is 12.6. The number of pyridine rings is 1. The lowest BCUT2D eigenvalue weighted by molar-refractivity contribution is 0.0616. The Morgan fingerprint density at radius 3 is 2.60 bits per heavy atom. The second-order valence-electron chi connectivity index (χ2n) is 4.47. The Hall–Kier alpha value is -1.33. The summed E-state index contributed by atoms with van der Waals surface area (Å²) in [6, 6.07) is 3.44. The molecule has 1 aromatic rings. The second-order valence-corrected chi connectivity index (χ2v) is 4.88. The third-order valence-corrected chi connectivity index (χ3v) is 3.59. The molecule has 1 amide bonds. The van der Waals surface area contributed by atoms with Crippen molar-refractivity contribution in [1.82, 2.24) is 9.88 Å².